The van der Waals surface area contributed by atoms with Crippen molar-refractivity contribution in [3.05, 3.63) is 59.2 Å². The summed E-state index contributed by atoms with van der Waals surface area (Å²) < 4.78 is 0. The number of fused-ring (bicyclic) bond motifs is 1. The molecule has 1 amide bonds. The summed E-state index contributed by atoms with van der Waals surface area (Å²) in [4.78, 5) is 14.9. The number of anilines is 2. The molecule has 0 aliphatic heterocycles. The summed E-state index contributed by atoms with van der Waals surface area (Å²) in [6.07, 6.45) is 4.72. The molecule has 3 rings (SSSR count). The smallest absolute Gasteiger partial charge is 0.255 e. The van der Waals surface area contributed by atoms with Crippen LogP contribution in [0, 0.1) is 0 Å². The van der Waals surface area contributed by atoms with E-state index < -0.39 is 0 Å². The standard InChI is InChI=1S/C22H28N2O/c1-4-24(16(2)3)21-13-11-20(12-14-21)23-22(25)19-10-9-17-7-5-6-8-18(17)15-19/h9-16H,4-8H2,1-3H3,(H,23,25). The van der Waals surface area contributed by atoms with Crippen LogP contribution >= 0.6 is 0 Å². The van der Waals surface area contributed by atoms with Gasteiger partial charge in [0, 0.05) is 29.5 Å². The predicted molar refractivity (Wildman–Crippen MR) is 106 cm³/mol. The lowest BCUT2D eigenvalue weighted by Gasteiger charge is -2.27. The normalized spacial score (nSPS) is 13.4. The topological polar surface area (TPSA) is 32.3 Å². The monoisotopic (exact) mass is 336 g/mol. The van der Waals surface area contributed by atoms with Crippen molar-refractivity contribution in [3.8, 4) is 0 Å². The third kappa shape index (κ3) is 4.04. The molecule has 1 aliphatic carbocycles. The molecule has 0 heterocycles. The average molecular weight is 336 g/mol. The zero-order valence-corrected chi connectivity index (χ0v) is 15.5. The summed E-state index contributed by atoms with van der Waals surface area (Å²) in [6, 6.07) is 14.7. The molecule has 0 saturated carbocycles. The van der Waals surface area contributed by atoms with Gasteiger partial charge in [0.2, 0.25) is 0 Å². The Bertz CT molecular complexity index is 734. The number of nitrogens with zero attached hydrogens (tertiary/aromatic N) is 1. The summed E-state index contributed by atoms with van der Waals surface area (Å²) in [5.41, 5.74) is 5.52. The van der Waals surface area contributed by atoms with Crippen molar-refractivity contribution in [2.24, 2.45) is 0 Å². The van der Waals surface area contributed by atoms with Crippen LogP contribution in [0.3, 0.4) is 0 Å². The maximum absolute atomic E-state index is 12.6. The number of hydrogen-bond acceptors (Lipinski definition) is 2. The molecule has 3 heteroatoms. The molecule has 0 atom stereocenters. The largest absolute Gasteiger partial charge is 0.369 e. The molecule has 2 aromatic carbocycles. The highest BCUT2D eigenvalue weighted by atomic mass is 16.1. The van der Waals surface area contributed by atoms with Gasteiger partial charge in [-0.1, -0.05) is 6.07 Å². The highest BCUT2D eigenvalue weighted by molar-refractivity contribution is 6.04. The van der Waals surface area contributed by atoms with E-state index >= 15 is 0 Å². The van der Waals surface area contributed by atoms with Crippen LogP contribution in [0.4, 0.5) is 11.4 Å². The highest BCUT2D eigenvalue weighted by Crippen LogP contribution is 2.23. The summed E-state index contributed by atoms with van der Waals surface area (Å²) in [7, 11) is 0. The molecule has 0 aromatic heterocycles. The van der Waals surface area contributed by atoms with Crippen LogP contribution in [-0.4, -0.2) is 18.5 Å². The second-order valence-electron chi connectivity index (χ2n) is 7.07. The Hall–Kier alpha value is -2.29. The summed E-state index contributed by atoms with van der Waals surface area (Å²) in [5.74, 6) is -0.0302. The number of carbonyl (C=O) groups is 1. The summed E-state index contributed by atoms with van der Waals surface area (Å²) in [5, 5.41) is 3.02. The second-order valence-corrected chi connectivity index (χ2v) is 7.07. The van der Waals surface area contributed by atoms with E-state index in [2.05, 4.69) is 55.3 Å². The Labute approximate surface area is 151 Å². The third-order valence-electron chi connectivity index (χ3n) is 5.03. The van der Waals surface area contributed by atoms with E-state index in [0.717, 1.165) is 30.6 Å². The molecule has 1 N–H and O–H groups in total. The zero-order valence-electron chi connectivity index (χ0n) is 15.5. The van der Waals surface area contributed by atoms with Gasteiger partial charge in [-0.3, -0.25) is 4.79 Å². The predicted octanol–water partition coefficient (Wildman–Crippen LogP) is 5.05. The van der Waals surface area contributed by atoms with Crippen LogP contribution in [0.15, 0.2) is 42.5 Å². The summed E-state index contributed by atoms with van der Waals surface area (Å²) in [6.45, 7) is 7.51. The molecule has 1 aliphatic rings. The molecule has 2 aromatic rings. The lowest BCUT2D eigenvalue weighted by Crippen LogP contribution is -2.30. The van der Waals surface area contributed by atoms with Crippen LogP contribution in [0.5, 0.6) is 0 Å². The van der Waals surface area contributed by atoms with Crippen LogP contribution in [-0.2, 0) is 12.8 Å². The number of benzene rings is 2. The average Bonchev–Trinajstić information content (AvgIpc) is 2.63. The van der Waals surface area contributed by atoms with Gasteiger partial charge in [-0.2, -0.15) is 0 Å². The summed E-state index contributed by atoms with van der Waals surface area (Å²) >= 11 is 0. The minimum Gasteiger partial charge on any atom is -0.369 e. The van der Waals surface area contributed by atoms with Gasteiger partial charge < -0.3 is 10.2 Å². The number of carbonyl (C=O) groups excluding carboxylic acids is 1. The van der Waals surface area contributed by atoms with Gasteiger partial charge in [0.05, 0.1) is 0 Å². The van der Waals surface area contributed by atoms with E-state index in [1.165, 1.54) is 29.7 Å². The Balaban J connectivity index is 1.70. The number of nitrogens with one attached hydrogen (secondary N) is 1. The SMILES string of the molecule is CCN(c1ccc(NC(=O)c2ccc3c(c2)CCCC3)cc1)C(C)C. The number of aryl methyl sites for hydroxylation is 2. The number of rotatable bonds is 5. The zero-order chi connectivity index (χ0) is 17.8. The van der Waals surface area contributed by atoms with Crippen molar-refractivity contribution in [1.82, 2.24) is 0 Å². The van der Waals surface area contributed by atoms with Gasteiger partial charge in [0.25, 0.3) is 5.91 Å². The minimum absolute atomic E-state index is 0.0302. The van der Waals surface area contributed by atoms with E-state index in [9.17, 15) is 4.79 Å². The van der Waals surface area contributed by atoms with Crippen LogP contribution in [0.2, 0.25) is 0 Å². The Morgan fingerprint density at radius 1 is 1.04 bits per heavy atom. The molecular weight excluding hydrogens is 308 g/mol. The number of amides is 1. The Morgan fingerprint density at radius 2 is 1.72 bits per heavy atom. The molecule has 0 spiro atoms. The van der Waals surface area contributed by atoms with Gasteiger partial charge in [-0.15, -0.1) is 0 Å². The molecule has 25 heavy (non-hydrogen) atoms. The molecule has 132 valence electrons. The first-order valence-corrected chi connectivity index (χ1v) is 9.38. The fourth-order valence-electron chi connectivity index (χ4n) is 3.66. The molecule has 0 fully saturated rings. The lowest BCUT2D eigenvalue weighted by molar-refractivity contribution is 0.102. The van der Waals surface area contributed by atoms with Crippen LogP contribution in [0.25, 0.3) is 0 Å². The van der Waals surface area contributed by atoms with Gasteiger partial charge in [0.1, 0.15) is 0 Å². The molecule has 0 unspecified atom stereocenters. The van der Waals surface area contributed by atoms with Gasteiger partial charge in [0.15, 0.2) is 0 Å². The molecule has 0 bridgehead atoms. The van der Waals surface area contributed by atoms with Crippen LogP contribution in [0.1, 0.15) is 55.1 Å². The van der Waals surface area contributed by atoms with Crippen molar-refractivity contribution in [1.29, 1.82) is 0 Å². The first-order chi connectivity index (χ1) is 12.1. The fourth-order valence-corrected chi connectivity index (χ4v) is 3.66. The van der Waals surface area contributed by atoms with Crippen molar-refractivity contribution >= 4 is 17.3 Å². The molecule has 0 saturated heterocycles. The van der Waals surface area contributed by atoms with Crippen molar-refractivity contribution in [2.45, 2.75) is 52.5 Å². The van der Waals surface area contributed by atoms with E-state index in [1.54, 1.807) is 0 Å². The van der Waals surface area contributed by atoms with Crippen molar-refractivity contribution in [3.63, 3.8) is 0 Å². The van der Waals surface area contributed by atoms with E-state index in [0.29, 0.717) is 6.04 Å². The maximum Gasteiger partial charge on any atom is 0.255 e. The van der Waals surface area contributed by atoms with Gasteiger partial charge >= 0.3 is 0 Å². The Morgan fingerprint density at radius 3 is 2.36 bits per heavy atom. The molecular formula is C22H28N2O. The van der Waals surface area contributed by atoms with E-state index in [4.69, 9.17) is 0 Å². The maximum atomic E-state index is 12.6. The highest BCUT2D eigenvalue weighted by Gasteiger charge is 2.13. The minimum atomic E-state index is -0.0302. The Kier molecular flexibility index (Phi) is 5.42. The first kappa shape index (κ1) is 17.5. The van der Waals surface area contributed by atoms with Gasteiger partial charge in [-0.25, -0.2) is 0 Å². The lowest BCUT2D eigenvalue weighted by atomic mass is 9.90. The van der Waals surface area contributed by atoms with Gasteiger partial charge in [-0.05, 0) is 94.0 Å². The quantitative estimate of drug-likeness (QED) is 0.828. The first-order valence-electron chi connectivity index (χ1n) is 9.38. The van der Waals surface area contributed by atoms with E-state index in [1.807, 2.05) is 18.2 Å². The van der Waals surface area contributed by atoms with Crippen LogP contribution < -0.4 is 10.2 Å². The third-order valence-corrected chi connectivity index (χ3v) is 5.03. The van der Waals surface area contributed by atoms with E-state index in [-0.39, 0.29) is 5.91 Å². The second kappa shape index (κ2) is 7.73. The fraction of sp³-hybridized carbons (Fsp3) is 0.409. The van der Waals surface area contributed by atoms with Crippen molar-refractivity contribution in [2.75, 3.05) is 16.8 Å². The molecule has 3 nitrogen and oxygen atoms in total. The molecule has 0 radical (unpaired) electrons. The van der Waals surface area contributed by atoms with Crippen molar-refractivity contribution < 1.29 is 4.79 Å². The number of hydrogen-bond donors (Lipinski definition) is 1.